The van der Waals surface area contributed by atoms with Crippen LogP contribution in [0.1, 0.15) is 32.0 Å². The zero-order chi connectivity index (χ0) is 15.4. The molecule has 3 rings (SSSR count). The van der Waals surface area contributed by atoms with Crippen molar-refractivity contribution in [2.45, 2.75) is 32.7 Å². The second-order valence-electron chi connectivity index (χ2n) is 5.78. The second kappa shape index (κ2) is 8.02. The molecule has 3 aromatic rings. The van der Waals surface area contributed by atoms with Gasteiger partial charge in [0.15, 0.2) is 0 Å². The molecule has 0 amide bonds. The van der Waals surface area contributed by atoms with E-state index in [4.69, 9.17) is 9.72 Å². The lowest BCUT2D eigenvalue weighted by Gasteiger charge is -2.12. The van der Waals surface area contributed by atoms with E-state index in [-0.39, 0.29) is 12.4 Å². The number of aromatic nitrogens is 2. The number of fused-ring (bicyclic) bond motifs is 1. The molecule has 0 radical (unpaired) electrons. The summed E-state index contributed by atoms with van der Waals surface area (Å²) in [6.07, 6.45) is 0.967. The first kappa shape index (κ1) is 17.4. The summed E-state index contributed by atoms with van der Waals surface area (Å²) in [7, 11) is 0. The van der Waals surface area contributed by atoms with Crippen LogP contribution in [0.2, 0.25) is 0 Å². The largest absolute Gasteiger partial charge is 1.00 e. The predicted molar refractivity (Wildman–Crippen MR) is 90.4 cm³/mol. The smallest absolute Gasteiger partial charge is 0.119 e. The minimum Gasteiger partial charge on any atom is -1.00 e. The minimum atomic E-state index is 0. The Kier molecular flexibility index (Phi) is 6.05. The van der Waals surface area contributed by atoms with Gasteiger partial charge in [-0.3, -0.25) is 0 Å². The van der Waals surface area contributed by atoms with Crippen LogP contribution >= 0.6 is 0 Å². The van der Waals surface area contributed by atoms with Gasteiger partial charge in [0.1, 0.15) is 11.6 Å². The van der Waals surface area contributed by atoms with E-state index in [1.54, 1.807) is 0 Å². The quantitative estimate of drug-likeness (QED) is 0.643. The molecule has 3 nitrogen and oxygen atoms in total. The fourth-order valence-corrected chi connectivity index (χ4v) is 2.70. The Labute approximate surface area is 143 Å². The van der Waals surface area contributed by atoms with Crippen LogP contribution in [0.15, 0.2) is 54.6 Å². The van der Waals surface area contributed by atoms with E-state index < -0.39 is 0 Å². The van der Waals surface area contributed by atoms with Crippen molar-refractivity contribution in [1.82, 2.24) is 9.55 Å². The van der Waals surface area contributed by atoms with Crippen LogP contribution in [0.5, 0.6) is 5.75 Å². The molecule has 0 saturated carbocycles. The summed E-state index contributed by atoms with van der Waals surface area (Å²) in [5.41, 5.74) is 2.29. The molecule has 0 bridgehead atoms. The first-order valence-corrected chi connectivity index (χ1v) is 7.88. The lowest BCUT2D eigenvalue weighted by atomic mass is 10.2. The van der Waals surface area contributed by atoms with Crippen LogP contribution in [0.25, 0.3) is 11.0 Å². The van der Waals surface area contributed by atoms with Crippen molar-refractivity contribution in [3.8, 4) is 5.75 Å². The maximum atomic E-state index is 5.78. The van der Waals surface area contributed by atoms with Crippen molar-refractivity contribution >= 4 is 11.0 Å². The van der Waals surface area contributed by atoms with E-state index in [0.717, 1.165) is 30.1 Å². The standard InChI is InChI=1S/C19H22N2O.ClH/c1-15(2)19-20-17-11-6-7-12-18(17)21(19)13-8-14-22-16-9-4-3-5-10-16;/h3-7,9-12,15H,8,13-14H2,1-2H3;1H/p-1. The molecule has 0 atom stereocenters. The molecule has 0 N–H and O–H groups in total. The number of aryl methyl sites for hydroxylation is 1. The molecule has 0 unspecified atom stereocenters. The molecule has 4 heteroatoms. The molecule has 0 aliphatic heterocycles. The monoisotopic (exact) mass is 329 g/mol. The van der Waals surface area contributed by atoms with Crippen molar-refractivity contribution in [3.63, 3.8) is 0 Å². The van der Waals surface area contributed by atoms with E-state index in [9.17, 15) is 0 Å². The van der Waals surface area contributed by atoms with Gasteiger partial charge >= 0.3 is 0 Å². The Bertz CT molecular complexity index is 737. The molecule has 23 heavy (non-hydrogen) atoms. The summed E-state index contributed by atoms with van der Waals surface area (Å²) in [6.45, 7) is 6.03. The fraction of sp³-hybridized carbons (Fsp3) is 0.316. The molecule has 2 aromatic carbocycles. The van der Waals surface area contributed by atoms with Crippen LogP contribution in [0.4, 0.5) is 0 Å². The van der Waals surface area contributed by atoms with E-state index in [2.05, 4.69) is 36.6 Å². The van der Waals surface area contributed by atoms with Gasteiger partial charge in [-0.05, 0) is 30.7 Å². The third kappa shape index (κ3) is 4.05. The summed E-state index contributed by atoms with van der Waals surface area (Å²) in [4.78, 5) is 4.77. The van der Waals surface area contributed by atoms with E-state index in [0.29, 0.717) is 12.5 Å². The van der Waals surface area contributed by atoms with E-state index in [1.807, 2.05) is 36.4 Å². The highest BCUT2D eigenvalue weighted by Crippen LogP contribution is 2.22. The van der Waals surface area contributed by atoms with Crippen molar-refractivity contribution in [1.29, 1.82) is 0 Å². The Balaban J connectivity index is 0.00000192. The van der Waals surface area contributed by atoms with Crippen LogP contribution in [0, 0.1) is 0 Å². The van der Waals surface area contributed by atoms with Crippen molar-refractivity contribution in [3.05, 3.63) is 60.4 Å². The Morgan fingerprint density at radius 1 is 1.00 bits per heavy atom. The van der Waals surface area contributed by atoms with Crippen molar-refractivity contribution < 1.29 is 17.1 Å². The van der Waals surface area contributed by atoms with Gasteiger partial charge in [-0.25, -0.2) is 4.98 Å². The van der Waals surface area contributed by atoms with Gasteiger partial charge in [-0.2, -0.15) is 0 Å². The highest BCUT2D eigenvalue weighted by atomic mass is 35.5. The van der Waals surface area contributed by atoms with Crippen molar-refractivity contribution in [2.24, 2.45) is 0 Å². The normalized spacial score (nSPS) is 10.7. The number of hydrogen-bond acceptors (Lipinski definition) is 2. The minimum absolute atomic E-state index is 0. The van der Waals surface area contributed by atoms with Crippen molar-refractivity contribution in [2.75, 3.05) is 6.61 Å². The summed E-state index contributed by atoms with van der Waals surface area (Å²) < 4.78 is 8.11. The molecule has 0 spiro atoms. The molecule has 0 aliphatic rings. The Morgan fingerprint density at radius 2 is 1.70 bits per heavy atom. The fourth-order valence-electron chi connectivity index (χ4n) is 2.70. The number of halogens is 1. The first-order chi connectivity index (χ1) is 10.8. The zero-order valence-electron chi connectivity index (χ0n) is 13.6. The van der Waals surface area contributed by atoms with Gasteiger partial charge in [-0.15, -0.1) is 0 Å². The van der Waals surface area contributed by atoms with Crippen LogP contribution in [-0.4, -0.2) is 16.2 Å². The molecular weight excluding hydrogens is 308 g/mol. The molecule has 122 valence electrons. The Hall–Kier alpha value is -2.00. The number of para-hydroxylation sites is 3. The molecule has 0 aliphatic carbocycles. The van der Waals surface area contributed by atoms with E-state index >= 15 is 0 Å². The van der Waals surface area contributed by atoms with Gasteiger partial charge in [0.25, 0.3) is 0 Å². The maximum absolute atomic E-state index is 5.78. The SMILES string of the molecule is CC(C)c1nc2ccccc2n1CCCOc1ccccc1.[Cl-]. The molecule has 0 fully saturated rings. The van der Waals surface area contributed by atoms with Gasteiger partial charge in [-0.1, -0.05) is 44.2 Å². The third-order valence-electron chi connectivity index (χ3n) is 3.74. The zero-order valence-corrected chi connectivity index (χ0v) is 14.3. The molecule has 1 heterocycles. The number of hydrogen-bond donors (Lipinski definition) is 0. The summed E-state index contributed by atoms with van der Waals surface area (Å²) in [5.74, 6) is 2.51. The highest BCUT2D eigenvalue weighted by molar-refractivity contribution is 5.76. The lowest BCUT2D eigenvalue weighted by molar-refractivity contribution is -0.00000514. The van der Waals surface area contributed by atoms with Gasteiger partial charge in [0, 0.05) is 12.5 Å². The summed E-state index contributed by atoms with van der Waals surface area (Å²) in [5, 5.41) is 0. The average molecular weight is 330 g/mol. The molecule has 0 saturated heterocycles. The van der Waals surface area contributed by atoms with Gasteiger partial charge in [0.2, 0.25) is 0 Å². The summed E-state index contributed by atoms with van der Waals surface area (Å²) in [6, 6.07) is 18.3. The van der Waals surface area contributed by atoms with Gasteiger partial charge in [0.05, 0.1) is 17.6 Å². The predicted octanol–water partition coefficient (Wildman–Crippen LogP) is 1.63. The average Bonchev–Trinajstić information content (AvgIpc) is 2.92. The molecule has 1 aromatic heterocycles. The third-order valence-corrected chi connectivity index (χ3v) is 3.74. The lowest BCUT2D eigenvalue weighted by Crippen LogP contribution is -3.00. The number of imidazole rings is 1. The van der Waals surface area contributed by atoms with E-state index in [1.165, 1.54) is 5.52 Å². The van der Waals surface area contributed by atoms with Crippen LogP contribution in [0.3, 0.4) is 0 Å². The summed E-state index contributed by atoms with van der Waals surface area (Å²) >= 11 is 0. The first-order valence-electron chi connectivity index (χ1n) is 7.88. The number of nitrogens with zero attached hydrogens (tertiary/aromatic N) is 2. The molecular formula is C19H22ClN2O-. The highest BCUT2D eigenvalue weighted by Gasteiger charge is 2.12. The maximum Gasteiger partial charge on any atom is 0.119 e. The number of benzene rings is 2. The van der Waals surface area contributed by atoms with Gasteiger partial charge < -0.3 is 21.7 Å². The topological polar surface area (TPSA) is 27.1 Å². The second-order valence-corrected chi connectivity index (χ2v) is 5.78. The Morgan fingerprint density at radius 3 is 2.43 bits per heavy atom. The number of ether oxygens (including phenoxy) is 1. The van der Waals surface area contributed by atoms with Crippen LogP contribution in [-0.2, 0) is 6.54 Å². The van der Waals surface area contributed by atoms with Crippen LogP contribution < -0.4 is 17.1 Å². The number of rotatable bonds is 6.